The predicted molar refractivity (Wildman–Crippen MR) is 226 cm³/mol. The summed E-state index contributed by atoms with van der Waals surface area (Å²) in [4.78, 5) is 13.4. The zero-order chi connectivity index (χ0) is 36.1. The van der Waals surface area contributed by atoms with Gasteiger partial charge in [0.05, 0.1) is 27.8 Å². The highest BCUT2D eigenvalue weighted by Gasteiger charge is 2.50. The number of rotatable bonds is 3. The Morgan fingerprint density at radius 1 is 0.455 bits per heavy atom. The first kappa shape index (κ1) is 30.7. The van der Waals surface area contributed by atoms with Crippen LogP contribution in [0.5, 0.6) is 0 Å². The Morgan fingerprint density at radius 2 is 1.04 bits per heavy atom. The molecule has 0 saturated heterocycles. The van der Waals surface area contributed by atoms with Crippen LogP contribution >= 0.6 is 11.8 Å². The van der Waals surface area contributed by atoms with E-state index >= 15 is 0 Å². The van der Waals surface area contributed by atoms with Gasteiger partial charge in [-0.05, 0) is 62.4 Å². The summed E-state index contributed by atoms with van der Waals surface area (Å²) in [7, 11) is 0. The number of hydrogen-bond donors (Lipinski definition) is 0. The highest BCUT2D eigenvalue weighted by Crippen LogP contribution is 2.63. The summed E-state index contributed by atoms with van der Waals surface area (Å²) < 4.78 is 2.36. The van der Waals surface area contributed by atoms with Crippen LogP contribution in [0, 0.1) is 0 Å². The van der Waals surface area contributed by atoms with Crippen LogP contribution < -0.4 is 0 Å². The third-order valence-corrected chi connectivity index (χ3v) is 12.9. The molecule has 0 atom stereocenters. The van der Waals surface area contributed by atoms with Gasteiger partial charge in [-0.3, -0.25) is 4.57 Å². The number of nitrogens with zero attached hydrogens (tertiary/aromatic N) is 3. The molecular formula is C51H31N3S. The minimum Gasteiger partial charge on any atom is -0.277 e. The van der Waals surface area contributed by atoms with Gasteiger partial charge in [0, 0.05) is 31.7 Å². The summed E-state index contributed by atoms with van der Waals surface area (Å²) in [5.74, 6) is 0.657. The molecule has 1 aliphatic heterocycles. The van der Waals surface area contributed by atoms with Crippen LogP contribution in [0.15, 0.2) is 198 Å². The molecule has 3 heterocycles. The van der Waals surface area contributed by atoms with Crippen molar-refractivity contribution in [2.45, 2.75) is 15.2 Å². The van der Waals surface area contributed by atoms with Crippen LogP contribution in [-0.4, -0.2) is 14.5 Å². The lowest BCUT2D eigenvalue weighted by molar-refractivity contribution is 0.724. The second-order valence-corrected chi connectivity index (χ2v) is 15.5. The Kier molecular flexibility index (Phi) is 6.48. The van der Waals surface area contributed by atoms with Crippen LogP contribution in [0.1, 0.15) is 22.3 Å². The number of aromatic nitrogens is 3. The molecule has 10 aromatic rings. The van der Waals surface area contributed by atoms with E-state index in [4.69, 9.17) is 9.97 Å². The zero-order valence-electron chi connectivity index (χ0n) is 29.6. The van der Waals surface area contributed by atoms with Crippen molar-refractivity contribution in [3.63, 3.8) is 0 Å². The van der Waals surface area contributed by atoms with E-state index in [1.54, 1.807) is 0 Å². The maximum absolute atomic E-state index is 5.45. The summed E-state index contributed by atoms with van der Waals surface area (Å²) in [6, 6.07) is 68.2. The van der Waals surface area contributed by atoms with Crippen LogP contribution in [0.3, 0.4) is 0 Å². The van der Waals surface area contributed by atoms with Gasteiger partial charge < -0.3 is 0 Å². The van der Waals surface area contributed by atoms with Gasteiger partial charge in [0.25, 0.3) is 0 Å². The van der Waals surface area contributed by atoms with Crippen molar-refractivity contribution in [3.05, 3.63) is 210 Å². The first-order chi connectivity index (χ1) is 27.3. The van der Waals surface area contributed by atoms with E-state index in [1.165, 1.54) is 64.7 Å². The monoisotopic (exact) mass is 717 g/mol. The zero-order valence-corrected chi connectivity index (χ0v) is 30.5. The topological polar surface area (TPSA) is 30.7 Å². The number of hydrogen-bond acceptors (Lipinski definition) is 3. The number of benzene rings is 8. The van der Waals surface area contributed by atoms with Crippen molar-refractivity contribution in [1.29, 1.82) is 0 Å². The summed E-state index contributed by atoms with van der Waals surface area (Å²) in [5.41, 5.74) is 13.5. The largest absolute Gasteiger partial charge is 0.277 e. The van der Waals surface area contributed by atoms with Gasteiger partial charge in [-0.15, -0.1) is 0 Å². The van der Waals surface area contributed by atoms with Crippen molar-refractivity contribution < 1.29 is 0 Å². The molecule has 2 aliphatic rings. The number of fused-ring (bicyclic) bond motifs is 15. The summed E-state index contributed by atoms with van der Waals surface area (Å²) in [6.45, 7) is 0. The predicted octanol–water partition coefficient (Wildman–Crippen LogP) is 12.9. The molecule has 0 amide bonds. The molecule has 2 aromatic heterocycles. The summed E-state index contributed by atoms with van der Waals surface area (Å²) >= 11 is 1.88. The van der Waals surface area contributed by atoms with Crippen LogP contribution in [0.2, 0.25) is 0 Å². The molecule has 3 nitrogen and oxygen atoms in total. The Balaban J connectivity index is 1.27. The van der Waals surface area contributed by atoms with E-state index in [9.17, 15) is 0 Å². The highest BCUT2D eigenvalue weighted by molar-refractivity contribution is 7.99. The fourth-order valence-electron chi connectivity index (χ4n) is 9.44. The van der Waals surface area contributed by atoms with Crippen molar-refractivity contribution >= 4 is 44.3 Å². The Bertz CT molecular complexity index is 3080. The lowest BCUT2D eigenvalue weighted by atomic mass is 9.67. The van der Waals surface area contributed by atoms with Gasteiger partial charge in [-0.25, -0.2) is 9.97 Å². The van der Waals surface area contributed by atoms with Crippen molar-refractivity contribution in [3.8, 4) is 39.6 Å². The average molecular weight is 718 g/mol. The minimum atomic E-state index is -0.496. The first-order valence-electron chi connectivity index (χ1n) is 18.8. The standard InChI is InChI=1S/C51H31N3S/c1-3-16-33(17-4-1)43-31-44(34-18-5-2-6-19-34)53-50(52-43)54-45-30-27-32-15-7-8-20-35(32)47(45)38-28-29-42-49(48(38)54)55-46-26-14-13-25-41(46)51(42)39-23-11-9-21-36(39)37-22-10-12-24-40(37)51/h1-31H. The normalized spacial score (nSPS) is 13.5. The Morgan fingerprint density at radius 3 is 1.73 bits per heavy atom. The minimum absolute atomic E-state index is 0.496. The molecule has 55 heavy (non-hydrogen) atoms. The van der Waals surface area contributed by atoms with E-state index in [1.807, 2.05) is 11.8 Å². The molecular weight excluding hydrogens is 687 g/mol. The lowest BCUT2D eigenvalue weighted by Crippen LogP contribution is -2.32. The molecule has 4 heteroatoms. The summed E-state index contributed by atoms with van der Waals surface area (Å²) in [6.07, 6.45) is 0. The molecule has 1 aliphatic carbocycles. The van der Waals surface area contributed by atoms with E-state index in [0.717, 1.165) is 33.5 Å². The average Bonchev–Trinajstić information content (AvgIpc) is 3.76. The molecule has 1 spiro atoms. The quantitative estimate of drug-likeness (QED) is 0.182. The highest BCUT2D eigenvalue weighted by atomic mass is 32.2. The Hall–Kier alpha value is -6.75. The van der Waals surface area contributed by atoms with Gasteiger partial charge >= 0.3 is 0 Å². The van der Waals surface area contributed by atoms with Gasteiger partial charge in [0.2, 0.25) is 5.95 Å². The molecule has 0 radical (unpaired) electrons. The van der Waals surface area contributed by atoms with E-state index in [0.29, 0.717) is 5.95 Å². The third kappa shape index (κ3) is 4.23. The molecule has 12 rings (SSSR count). The molecule has 0 N–H and O–H groups in total. The van der Waals surface area contributed by atoms with E-state index in [2.05, 4.69) is 193 Å². The van der Waals surface area contributed by atoms with Gasteiger partial charge in [0.15, 0.2) is 0 Å². The van der Waals surface area contributed by atoms with Crippen LogP contribution in [0.4, 0.5) is 0 Å². The molecule has 0 unspecified atom stereocenters. The SMILES string of the molecule is c1ccc(-c2cc(-c3ccccc3)nc(-n3c4ccc5ccccc5c4c4ccc5c(c43)Sc3ccccc3C53c4ccccc4-c4ccccc43)n2)cc1. The Labute approximate surface area is 322 Å². The molecule has 0 bridgehead atoms. The summed E-state index contributed by atoms with van der Waals surface area (Å²) in [5, 5.41) is 4.84. The van der Waals surface area contributed by atoms with Crippen molar-refractivity contribution in [2.75, 3.05) is 0 Å². The lowest BCUT2D eigenvalue weighted by Gasteiger charge is -2.40. The fourth-order valence-corrected chi connectivity index (χ4v) is 10.8. The second-order valence-electron chi connectivity index (χ2n) is 14.5. The maximum atomic E-state index is 5.45. The smallest absolute Gasteiger partial charge is 0.235 e. The van der Waals surface area contributed by atoms with Crippen molar-refractivity contribution in [2.24, 2.45) is 0 Å². The molecule has 0 saturated carbocycles. The third-order valence-electron chi connectivity index (χ3n) is 11.7. The van der Waals surface area contributed by atoms with Crippen molar-refractivity contribution in [1.82, 2.24) is 14.5 Å². The first-order valence-corrected chi connectivity index (χ1v) is 19.6. The molecule has 0 fully saturated rings. The van der Waals surface area contributed by atoms with Crippen LogP contribution in [0.25, 0.3) is 72.2 Å². The molecule has 8 aromatic carbocycles. The fraction of sp³-hybridized carbons (Fsp3) is 0.0196. The second kappa shape index (κ2) is 11.6. The van der Waals surface area contributed by atoms with Crippen LogP contribution in [-0.2, 0) is 5.41 Å². The van der Waals surface area contributed by atoms with E-state index < -0.39 is 5.41 Å². The van der Waals surface area contributed by atoms with Gasteiger partial charge in [-0.1, -0.05) is 182 Å². The van der Waals surface area contributed by atoms with Gasteiger partial charge in [0.1, 0.15) is 0 Å². The van der Waals surface area contributed by atoms with Gasteiger partial charge in [-0.2, -0.15) is 0 Å². The maximum Gasteiger partial charge on any atom is 0.235 e. The van der Waals surface area contributed by atoms with E-state index in [-0.39, 0.29) is 0 Å². The molecule has 256 valence electrons.